The van der Waals surface area contributed by atoms with Gasteiger partial charge in [0, 0.05) is 11.1 Å². The summed E-state index contributed by atoms with van der Waals surface area (Å²) in [4.78, 5) is 24.9. The van der Waals surface area contributed by atoms with Crippen LogP contribution in [0.5, 0.6) is 11.5 Å². The van der Waals surface area contributed by atoms with Crippen LogP contribution < -0.4 is 9.47 Å². The highest BCUT2D eigenvalue weighted by Gasteiger charge is 2.06. The third kappa shape index (κ3) is 12.2. The van der Waals surface area contributed by atoms with Gasteiger partial charge in [0.25, 0.3) is 0 Å². The van der Waals surface area contributed by atoms with E-state index in [9.17, 15) is 9.59 Å². The lowest BCUT2D eigenvalue weighted by molar-refractivity contribution is 0.102. The molecule has 2 aromatic carbocycles. The number of ether oxygens (including phenoxy) is 2. The van der Waals surface area contributed by atoms with Crippen LogP contribution in [0, 0.1) is 0 Å². The van der Waals surface area contributed by atoms with Crippen molar-refractivity contribution in [2.45, 2.75) is 90.9 Å². The molecule has 0 saturated carbocycles. The second-order valence-electron chi connectivity index (χ2n) is 9.34. The van der Waals surface area contributed by atoms with E-state index in [1.165, 1.54) is 76.4 Å². The predicted molar refractivity (Wildman–Crippen MR) is 148 cm³/mol. The zero-order chi connectivity index (χ0) is 25.8. The lowest BCUT2D eigenvalue weighted by atomic mass is 10.1. The molecule has 36 heavy (non-hydrogen) atoms. The summed E-state index contributed by atoms with van der Waals surface area (Å²) >= 11 is 0. The van der Waals surface area contributed by atoms with Crippen LogP contribution in [0.25, 0.3) is 0 Å². The molecule has 0 aliphatic rings. The molecule has 4 nitrogen and oxygen atoms in total. The van der Waals surface area contributed by atoms with E-state index in [1.807, 2.05) is 24.3 Å². The monoisotopic (exact) mass is 492 g/mol. The standard InChI is InChI=1S/C32H44O4/c1-3-5-7-9-11-13-25-35-29-19-15-27(16-20-29)31(33)23-24-32(34)28-17-21-30(22-18-28)36-26-14-12-10-8-6-4-2/h15-24H,3-14,25-26H2,1-2H3/b24-23+. The van der Waals surface area contributed by atoms with Crippen LogP contribution in [-0.4, -0.2) is 24.8 Å². The number of carbonyl (C=O) groups is 2. The molecule has 2 aromatic rings. The van der Waals surface area contributed by atoms with E-state index in [-0.39, 0.29) is 11.6 Å². The molecular formula is C32H44O4. The Balaban J connectivity index is 1.70. The first-order valence-electron chi connectivity index (χ1n) is 13.9. The van der Waals surface area contributed by atoms with Gasteiger partial charge in [0.2, 0.25) is 0 Å². The van der Waals surface area contributed by atoms with Gasteiger partial charge in [0.15, 0.2) is 11.6 Å². The smallest absolute Gasteiger partial charge is 0.185 e. The van der Waals surface area contributed by atoms with Gasteiger partial charge in [0.05, 0.1) is 13.2 Å². The summed E-state index contributed by atoms with van der Waals surface area (Å²) < 4.78 is 11.5. The summed E-state index contributed by atoms with van der Waals surface area (Å²) in [6, 6.07) is 14.2. The number of hydrogen-bond donors (Lipinski definition) is 0. The summed E-state index contributed by atoms with van der Waals surface area (Å²) in [5.74, 6) is 1.12. The molecule has 4 heteroatoms. The molecule has 196 valence electrons. The first-order valence-corrected chi connectivity index (χ1v) is 13.9. The Morgan fingerprint density at radius 3 is 1.22 bits per heavy atom. The number of hydrogen-bond acceptors (Lipinski definition) is 4. The summed E-state index contributed by atoms with van der Waals surface area (Å²) in [5, 5.41) is 0. The molecule has 0 unspecified atom stereocenters. The van der Waals surface area contributed by atoms with E-state index < -0.39 is 0 Å². The average molecular weight is 493 g/mol. The van der Waals surface area contributed by atoms with E-state index >= 15 is 0 Å². The lowest BCUT2D eigenvalue weighted by Gasteiger charge is -2.07. The minimum atomic E-state index is -0.204. The maximum absolute atomic E-state index is 12.5. The average Bonchev–Trinajstić information content (AvgIpc) is 2.91. The Morgan fingerprint density at radius 2 is 0.861 bits per heavy atom. The van der Waals surface area contributed by atoms with Gasteiger partial charge < -0.3 is 9.47 Å². The molecule has 0 saturated heterocycles. The Bertz CT molecular complexity index is 821. The molecular weight excluding hydrogens is 448 g/mol. The molecule has 0 aliphatic carbocycles. The van der Waals surface area contributed by atoms with Crippen molar-refractivity contribution in [3.8, 4) is 11.5 Å². The molecule has 0 radical (unpaired) electrons. The second-order valence-corrected chi connectivity index (χ2v) is 9.34. The van der Waals surface area contributed by atoms with Crippen molar-refractivity contribution in [3.63, 3.8) is 0 Å². The maximum atomic E-state index is 12.5. The fourth-order valence-electron chi connectivity index (χ4n) is 3.92. The van der Waals surface area contributed by atoms with Crippen LogP contribution in [0.15, 0.2) is 60.7 Å². The zero-order valence-corrected chi connectivity index (χ0v) is 22.3. The van der Waals surface area contributed by atoms with Crippen LogP contribution in [0.3, 0.4) is 0 Å². The second kappa shape index (κ2) is 18.4. The maximum Gasteiger partial charge on any atom is 0.185 e. The van der Waals surface area contributed by atoms with E-state index in [0.717, 1.165) is 24.3 Å². The molecule has 0 aromatic heterocycles. The number of unbranched alkanes of at least 4 members (excludes halogenated alkanes) is 10. The lowest BCUT2D eigenvalue weighted by Crippen LogP contribution is -2.01. The Morgan fingerprint density at radius 1 is 0.528 bits per heavy atom. The van der Waals surface area contributed by atoms with Crippen molar-refractivity contribution in [1.29, 1.82) is 0 Å². The fraction of sp³-hybridized carbons (Fsp3) is 0.500. The van der Waals surface area contributed by atoms with Gasteiger partial charge in [-0.2, -0.15) is 0 Å². The number of ketones is 2. The molecule has 2 rings (SSSR count). The third-order valence-electron chi connectivity index (χ3n) is 6.20. The van der Waals surface area contributed by atoms with Crippen molar-refractivity contribution < 1.29 is 19.1 Å². The molecule has 0 atom stereocenters. The van der Waals surface area contributed by atoms with Gasteiger partial charge >= 0.3 is 0 Å². The van der Waals surface area contributed by atoms with Gasteiger partial charge in [-0.25, -0.2) is 0 Å². The molecule has 0 spiro atoms. The molecule has 0 fully saturated rings. The highest BCUT2D eigenvalue weighted by atomic mass is 16.5. The number of allylic oxidation sites excluding steroid dienone is 2. The van der Waals surface area contributed by atoms with Gasteiger partial charge in [-0.15, -0.1) is 0 Å². The molecule has 0 aliphatic heterocycles. The van der Waals surface area contributed by atoms with Crippen LogP contribution in [0.1, 0.15) is 112 Å². The highest BCUT2D eigenvalue weighted by molar-refractivity contribution is 6.11. The molecule has 0 amide bonds. The normalized spacial score (nSPS) is 11.1. The Hall–Kier alpha value is -2.88. The van der Waals surface area contributed by atoms with Crippen molar-refractivity contribution in [1.82, 2.24) is 0 Å². The van der Waals surface area contributed by atoms with Crippen LogP contribution >= 0.6 is 0 Å². The Kier molecular flexibility index (Phi) is 15.0. The Labute approximate surface area is 218 Å². The van der Waals surface area contributed by atoms with E-state index in [1.54, 1.807) is 24.3 Å². The number of carbonyl (C=O) groups excluding carboxylic acids is 2. The van der Waals surface area contributed by atoms with E-state index in [2.05, 4.69) is 13.8 Å². The number of benzene rings is 2. The molecule has 0 bridgehead atoms. The largest absolute Gasteiger partial charge is 0.494 e. The van der Waals surface area contributed by atoms with Crippen LogP contribution in [0.4, 0.5) is 0 Å². The van der Waals surface area contributed by atoms with E-state index in [0.29, 0.717) is 24.3 Å². The van der Waals surface area contributed by atoms with Crippen molar-refractivity contribution >= 4 is 11.6 Å². The molecule has 0 heterocycles. The minimum absolute atomic E-state index is 0.204. The van der Waals surface area contributed by atoms with Crippen LogP contribution in [0.2, 0.25) is 0 Å². The minimum Gasteiger partial charge on any atom is -0.494 e. The van der Waals surface area contributed by atoms with Gasteiger partial charge in [-0.3, -0.25) is 9.59 Å². The predicted octanol–water partition coefficient (Wildman–Crippen LogP) is 8.79. The summed E-state index contributed by atoms with van der Waals surface area (Å²) in [5.41, 5.74) is 1.06. The number of rotatable bonds is 20. The van der Waals surface area contributed by atoms with Crippen LogP contribution in [-0.2, 0) is 0 Å². The quantitative estimate of drug-likeness (QED) is 0.105. The SMILES string of the molecule is CCCCCCCCOc1ccc(C(=O)/C=C/C(=O)c2ccc(OCCCCCCCC)cc2)cc1. The fourth-order valence-corrected chi connectivity index (χ4v) is 3.92. The van der Waals surface area contributed by atoms with Crippen molar-refractivity contribution in [2.75, 3.05) is 13.2 Å². The van der Waals surface area contributed by atoms with Crippen molar-refractivity contribution in [3.05, 3.63) is 71.8 Å². The van der Waals surface area contributed by atoms with Gasteiger partial charge in [-0.05, 0) is 73.5 Å². The first-order chi connectivity index (χ1) is 17.6. The first kappa shape index (κ1) is 29.4. The third-order valence-corrected chi connectivity index (χ3v) is 6.20. The topological polar surface area (TPSA) is 52.6 Å². The summed E-state index contributed by atoms with van der Waals surface area (Å²) in [6.07, 6.45) is 17.3. The summed E-state index contributed by atoms with van der Waals surface area (Å²) in [7, 11) is 0. The van der Waals surface area contributed by atoms with Gasteiger partial charge in [-0.1, -0.05) is 78.1 Å². The zero-order valence-electron chi connectivity index (χ0n) is 22.3. The highest BCUT2D eigenvalue weighted by Crippen LogP contribution is 2.16. The summed E-state index contributed by atoms with van der Waals surface area (Å²) in [6.45, 7) is 5.82. The van der Waals surface area contributed by atoms with Crippen molar-refractivity contribution in [2.24, 2.45) is 0 Å². The van der Waals surface area contributed by atoms with E-state index in [4.69, 9.17) is 9.47 Å². The molecule has 0 N–H and O–H groups in total. The van der Waals surface area contributed by atoms with Gasteiger partial charge in [0.1, 0.15) is 11.5 Å².